The Morgan fingerprint density at radius 3 is 2.79 bits per heavy atom. The quantitative estimate of drug-likeness (QED) is 0.690. The fourth-order valence-corrected chi connectivity index (χ4v) is 2.53. The monoisotopic (exact) mass is 268 g/mol. The average molecular weight is 268 g/mol. The predicted octanol–water partition coefficient (Wildman–Crippen LogP) is -0.981. The third-order valence-electron chi connectivity index (χ3n) is 3.83. The van der Waals surface area contributed by atoms with Crippen molar-refractivity contribution in [2.24, 2.45) is 0 Å². The highest BCUT2D eigenvalue weighted by atomic mass is 16.2. The summed E-state index contributed by atoms with van der Waals surface area (Å²) in [6.45, 7) is 4.96. The predicted molar refractivity (Wildman–Crippen MR) is 72.7 cm³/mol. The van der Waals surface area contributed by atoms with Crippen LogP contribution in [0.2, 0.25) is 0 Å². The fraction of sp³-hybridized carbons (Fsp3) is 0.846. The Kier molecular flexibility index (Phi) is 5.15. The highest BCUT2D eigenvalue weighted by molar-refractivity contribution is 5.88. The van der Waals surface area contributed by atoms with Crippen LogP contribution in [-0.4, -0.2) is 74.0 Å². The second-order valence-corrected chi connectivity index (χ2v) is 5.49. The molecule has 0 bridgehead atoms. The number of nitrogens with zero attached hydrogens (tertiary/aromatic N) is 2. The van der Waals surface area contributed by atoms with Gasteiger partial charge in [0.25, 0.3) is 0 Å². The van der Waals surface area contributed by atoms with Gasteiger partial charge in [-0.25, -0.2) is 0 Å². The fourth-order valence-electron chi connectivity index (χ4n) is 2.53. The van der Waals surface area contributed by atoms with Gasteiger partial charge in [-0.2, -0.15) is 0 Å². The molecule has 2 fully saturated rings. The summed E-state index contributed by atoms with van der Waals surface area (Å²) in [6, 6.07) is -0.345. The molecule has 6 nitrogen and oxygen atoms in total. The molecule has 6 heteroatoms. The first-order valence-corrected chi connectivity index (χ1v) is 7.13. The number of carbonyl (C=O) groups excluding carboxylic acids is 2. The lowest BCUT2D eigenvalue weighted by Gasteiger charge is -2.32. The zero-order chi connectivity index (χ0) is 13.7. The molecule has 0 aromatic rings. The molecule has 0 radical (unpaired) electrons. The van der Waals surface area contributed by atoms with Gasteiger partial charge in [-0.3, -0.25) is 14.5 Å². The molecule has 0 saturated carbocycles. The summed E-state index contributed by atoms with van der Waals surface area (Å²) in [5.74, 6) is -0.0733. The van der Waals surface area contributed by atoms with E-state index in [2.05, 4.69) is 27.5 Å². The van der Waals surface area contributed by atoms with E-state index in [4.69, 9.17) is 0 Å². The molecule has 0 aromatic heterocycles. The van der Waals surface area contributed by atoms with Crippen molar-refractivity contribution in [2.45, 2.75) is 25.3 Å². The number of hydrogen-bond donors (Lipinski definition) is 2. The van der Waals surface area contributed by atoms with Gasteiger partial charge in [0.1, 0.15) is 6.04 Å². The number of rotatable bonds is 3. The minimum atomic E-state index is -0.345. The number of carbonyl (C=O) groups is 2. The summed E-state index contributed by atoms with van der Waals surface area (Å²) in [7, 11) is 2.09. The molecule has 2 heterocycles. The molecule has 2 amide bonds. The first-order chi connectivity index (χ1) is 9.15. The van der Waals surface area contributed by atoms with Gasteiger partial charge < -0.3 is 15.5 Å². The molecule has 0 aromatic carbocycles. The smallest absolute Gasteiger partial charge is 0.242 e. The van der Waals surface area contributed by atoms with Gasteiger partial charge in [0.2, 0.25) is 11.8 Å². The van der Waals surface area contributed by atoms with Crippen LogP contribution in [0.1, 0.15) is 19.3 Å². The van der Waals surface area contributed by atoms with Crippen molar-refractivity contribution in [1.82, 2.24) is 20.4 Å². The largest absolute Gasteiger partial charge is 0.354 e. The van der Waals surface area contributed by atoms with E-state index in [0.717, 1.165) is 52.0 Å². The van der Waals surface area contributed by atoms with Crippen LogP contribution in [-0.2, 0) is 9.59 Å². The minimum Gasteiger partial charge on any atom is -0.354 e. The van der Waals surface area contributed by atoms with Crippen LogP contribution in [0.25, 0.3) is 0 Å². The van der Waals surface area contributed by atoms with Crippen molar-refractivity contribution in [2.75, 3.05) is 46.3 Å². The number of likely N-dealkylation sites (N-methyl/N-ethyl adjacent to an activating group) is 1. The van der Waals surface area contributed by atoms with E-state index < -0.39 is 0 Å². The van der Waals surface area contributed by atoms with Crippen LogP contribution in [0.15, 0.2) is 0 Å². The molecule has 0 aliphatic carbocycles. The average Bonchev–Trinajstić information content (AvgIpc) is 2.58. The van der Waals surface area contributed by atoms with Gasteiger partial charge in [-0.1, -0.05) is 0 Å². The molecule has 2 saturated heterocycles. The lowest BCUT2D eigenvalue weighted by Crippen LogP contribution is -2.51. The van der Waals surface area contributed by atoms with E-state index in [1.54, 1.807) is 0 Å². The highest BCUT2D eigenvalue weighted by Gasteiger charge is 2.23. The van der Waals surface area contributed by atoms with E-state index in [1.165, 1.54) is 0 Å². The maximum absolute atomic E-state index is 12.0. The third kappa shape index (κ3) is 4.47. The van der Waals surface area contributed by atoms with E-state index in [-0.39, 0.29) is 17.9 Å². The van der Waals surface area contributed by atoms with Crippen LogP contribution in [0.5, 0.6) is 0 Å². The maximum Gasteiger partial charge on any atom is 0.242 e. The first kappa shape index (κ1) is 14.3. The van der Waals surface area contributed by atoms with Crippen molar-refractivity contribution in [3.05, 3.63) is 0 Å². The lowest BCUT2D eigenvalue weighted by atomic mass is 10.1. The van der Waals surface area contributed by atoms with Crippen LogP contribution in [0.4, 0.5) is 0 Å². The molecular weight excluding hydrogens is 244 g/mol. The SMILES string of the molecule is CN1CCN(CC(=O)NC2CCCCNC2=O)CC1. The van der Waals surface area contributed by atoms with Gasteiger partial charge in [0.05, 0.1) is 6.54 Å². The Hall–Kier alpha value is -1.14. The van der Waals surface area contributed by atoms with E-state index in [9.17, 15) is 9.59 Å². The molecule has 1 atom stereocenters. The van der Waals surface area contributed by atoms with E-state index >= 15 is 0 Å². The van der Waals surface area contributed by atoms with E-state index in [0.29, 0.717) is 6.54 Å². The molecule has 108 valence electrons. The minimum absolute atomic E-state index is 0.0356. The Balaban J connectivity index is 1.75. The van der Waals surface area contributed by atoms with Crippen molar-refractivity contribution < 1.29 is 9.59 Å². The lowest BCUT2D eigenvalue weighted by molar-refractivity contribution is -0.129. The van der Waals surface area contributed by atoms with Crippen LogP contribution in [0.3, 0.4) is 0 Å². The second-order valence-electron chi connectivity index (χ2n) is 5.49. The molecule has 0 spiro atoms. The molecule has 1 unspecified atom stereocenters. The Morgan fingerprint density at radius 2 is 2.05 bits per heavy atom. The summed E-state index contributed by atoms with van der Waals surface area (Å²) in [5, 5.41) is 5.70. The Labute approximate surface area is 114 Å². The van der Waals surface area contributed by atoms with Crippen molar-refractivity contribution >= 4 is 11.8 Å². The third-order valence-corrected chi connectivity index (χ3v) is 3.83. The first-order valence-electron chi connectivity index (χ1n) is 7.13. The Morgan fingerprint density at radius 1 is 1.32 bits per heavy atom. The number of amides is 2. The molecule has 2 N–H and O–H groups in total. The number of nitrogens with one attached hydrogen (secondary N) is 2. The Bertz CT molecular complexity index is 327. The van der Waals surface area contributed by atoms with Gasteiger partial charge >= 0.3 is 0 Å². The van der Waals surface area contributed by atoms with Crippen molar-refractivity contribution in [3.8, 4) is 0 Å². The summed E-state index contributed by atoms with van der Waals surface area (Å²) in [4.78, 5) is 28.1. The molecule has 2 aliphatic heterocycles. The van der Waals surface area contributed by atoms with Gasteiger partial charge in [0.15, 0.2) is 0 Å². The van der Waals surface area contributed by atoms with E-state index in [1.807, 2.05) is 0 Å². The summed E-state index contributed by atoms with van der Waals surface area (Å²) >= 11 is 0. The highest BCUT2D eigenvalue weighted by Crippen LogP contribution is 2.05. The zero-order valence-electron chi connectivity index (χ0n) is 11.7. The summed E-state index contributed by atoms with van der Waals surface area (Å²) < 4.78 is 0. The van der Waals surface area contributed by atoms with Gasteiger partial charge in [0, 0.05) is 32.7 Å². The number of piperazine rings is 1. The molecule has 19 heavy (non-hydrogen) atoms. The van der Waals surface area contributed by atoms with Gasteiger partial charge in [-0.05, 0) is 26.3 Å². The van der Waals surface area contributed by atoms with Crippen molar-refractivity contribution in [3.63, 3.8) is 0 Å². The standard InChI is InChI=1S/C13H24N4O2/c1-16-6-8-17(9-7-16)10-12(18)15-11-4-2-3-5-14-13(11)19/h11H,2-10H2,1H3,(H,14,19)(H,15,18). The number of hydrogen-bond acceptors (Lipinski definition) is 4. The maximum atomic E-state index is 12.0. The van der Waals surface area contributed by atoms with Gasteiger partial charge in [-0.15, -0.1) is 0 Å². The summed E-state index contributed by atoms with van der Waals surface area (Å²) in [6.07, 6.45) is 2.73. The molecule has 2 rings (SSSR count). The van der Waals surface area contributed by atoms with Crippen molar-refractivity contribution in [1.29, 1.82) is 0 Å². The summed E-state index contributed by atoms with van der Waals surface area (Å²) in [5.41, 5.74) is 0. The van der Waals surface area contributed by atoms with Crippen LogP contribution in [0, 0.1) is 0 Å². The molecule has 2 aliphatic rings. The molecular formula is C13H24N4O2. The zero-order valence-corrected chi connectivity index (χ0v) is 11.7. The topological polar surface area (TPSA) is 64.7 Å². The normalized spacial score (nSPS) is 26.6. The second kappa shape index (κ2) is 6.86. The van der Waals surface area contributed by atoms with Crippen LogP contribution >= 0.6 is 0 Å². The van der Waals surface area contributed by atoms with Crippen LogP contribution < -0.4 is 10.6 Å².